The van der Waals surface area contributed by atoms with E-state index in [0.717, 1.165) is 11.1 Å². The summed E-state index contributed by atoms with van der Waals surface area (Å²) >= 11 is 0. The molecule has 1 amide bonds. The van der Waals surface area contributed by atoms with Gasteiger partial charge in [-0.1, -0.05) is 18.7 Å². The van der Waals surface area contributed by atoms with Crippen molar-refractivity contribution in [1.29, 1.82) is 0 Å². The molecule has 2 aromatic carbocycles. The smallest absolute Gasteiger partial charge is 0.256 e. The van der Waals surface area contributed by atoms with Crippen molar-refractivity contribution >= 4 is 34.1 Å². The number of fused-ring (bicyclic) bond motifs is 1. The zero-order chi connectivity index (χ0) is 26.9. The number of aryl methyl sites for hydroxylation is 1. The number of benzene rings is 2. The summed E-state index contributed by atoms with van der Waals surface area (Å²) in [5.74, 6) is -1.08. The van der Waals surface area contributed by atoms with E-state index < -0.39 is 25.5 Å². The Morgan fingerprint density at radius 2 is 2.23 bits per heavy atom. The number of carbonyl (C=O) groups excluding carboxylic acids is 1. The second-order valence-corrected chi connectivity index (χ2v) is 6.77. The number of hydrogen-bond donors (Lipinski definition) is 2. The highest BCUT2D eigenvalue weighted by Crippen LogP contribution is 2.25. The maximum atomic E-state index is 12.5. The van der Waals surface area contributed by atoms with E-state index in [1.165, 1.54) is 18.2 Å². The van der Waals surface area contributed by atoms with Crippen molar-refractivity contribution in [2.45, 2.75) is 6.92 Å². The second kappa shape index (κ2) is 8.23. The average molecular weight is 418 g/mol. The molecule has 0 saturated carbocycles. The summed E-state index contributed by atoms with van der Waals surface area (Å²) in [6.45, 7) is -2.19. The lowest BCUT2D eigenvalue weighted by atomic mass is 10.0. The van der Waals surface area contributed by atoms with Gasteiger partial charge in [-0.2, -0.15) is 0 Å². The molecule has 0 spiro atoms. The highest BCUT2D eigenvalue weighted by Gasteiger charge is 2.10. The molecule has 0 aliphatic carbocycles. The van der Waals surface area contributed by atoms with Gasteiger partial charge < -0.3 is 15.2 Å². The summed E-state index contributed by atoms with van der Waals surface area (Å²) in [5, 5.41) is 3.67. The van der Waals surface area contributed by atoms with Crippen LogP contribution in [0.3, 0.4) is 0 Å². The first-order chi connectivity index (χ1) is 17.5. The summed E-state index contributed by atoms with van der Waals surface area (Å²) in [6.07, 6.45) is 3.18. The number of pyridine rings is 1. The lowest BCUT2D eigenvalue weighted by molar-refractivity contribution is -0.113. The van der Waals surface area contributed by atoms with Crippen LogP contribution in [0.15, 0.2) is 78.3 Å². The summed E-state index contributed by atoms with van der Waals surface area (Å²) in [5.41, 5.74) is 2.84. The van der Waals surface area contributed by atoms with E-state index in [1.54, 1.807) is 30.6 Å². The van der Waals surface area contributed by atoms with Crippen LogP contribution in [-0.4, -0.2) is 27.8 Å². The van der Waals surface area contributed by atoms with Gasteiger partial charge in [0.2, 0.25) is 11.9 Å². The van der Waals surface area contributed by atoms with Crippen LogP contribution in [-0.2, 0) is 4.79 Å². The summed E-state index contributed by atoms with van der Waals surface area (Å²) in [7, 11) is 0. The maximum Gasteiger partial charge on any atom is 0.256 e. The van der Waals surface area contributed by atoms with Gasteiger partial charge in [0, 0.05) is 45.8 Å². The molecule has 2 aromatic heterocycles. The summed E-state index contributed by atoms with van der Waals surface area (Å²) < 4.78 is 45.2. The van der Waals surface area contributed by atoms with Crippen LogP contribution in [0.1, 0.15) is 13.8 Å². The van der Waals surface area contributed by atoms with Gasteiger partial charge in [-0.25, -0.2) is 9.97 Å². The van der Waals surface area contributed by atoms with E-state index >= 15 is 0 Å². The number of H-pyrrole nitrogens is 1. The Bertz CT molecular complexity index is 1590. The fourth-order valence-corrected chi connectivity index (χ4v) is 3.21. The molecule has 0 radical (unpaired) electrons. The fraction of sp³-hybridized carbons (Fsp3) is 0.0833. The average Bonchev–Trinajstić information content (AvgIpc) is 2.83. The third kappa shape index (κ3) is 4.06. The molecule has 0 atom stereocenters. The fourth-order valence-electron chi connectivity index (χ4n) is 3.21. The molecule has 154 valence electrons. The molecular weight excluding hydrogens is 390 g/mol. The first-order valence-electron chi connectivity index (χ1n) is 12.3. The molecular formula is C24H21N5O2. The van der Waals surface area contributed by atoms with Crippen molar-refractivity contribution in [3.05, 3.63) is 89.4 Å². The van der Waals surface area contributed by atoms with Gasteiger partial charge in [-0.3, -0.25) is 9.59 Å². The highest BCUT2D eigenvalue weighted by atomic mass is 16.2. The van der Waals surface area contributed by atoms with Crippen LogP contribution < -0.4 is 15.8 Å². The second-order valence-electron chi connectivity index (χ2n) is 6.77. The Kier molecular flexibility index (Phi) is 3.68. The van der Waals surface area contributed by atoms with Crippen LogP contribution >= 0.6 is 0 Å². The van der Waals surface area contributed by atoms with Crippen LogP contribution in [0.4, 0.5) is 17.3 Å². The number of likely N-dealkylation sites (N-methyl/N-ethyl adjacent to an activating group) is 1. The van der Waals surface area contributed by atoms with Crippen molar-refractivity contribution in [1.82, 2.24) is 15.0 Å². The van der Waals surface area contributed by atoms with Gasteiger partial charge in [-0.05, 0) is 60.5 Å². The topological polar surface area (TPSA) is 91.0 Å². The van der Waals surface area contributed by atoms with Gasteiger partial charge in [-0.15, -0.1) is 0 Å². The molecule has 4 rings (SSSR count). The quantitative estimate of drug-likeness (QED) is 0.475. The normalized spacial score (nSPS) is 13.7. The molecule has 0 aliphatic heterocycles. The van der Waals surface area contributed by atoms with E-state index in [-0.39, 0.29) is 17.2 Å². The van der Waals surface area contributed by atoms with Gasteiger partial charge in [0.15, 0.2) is 0 Å². The molecule has 0 saturated heterocycles. The van der Waals surface area contributed by atoms with Gasteiger partial charge >= 0.3 is 0 Å². The third-order valence-electron chi connectivity index (χ3n) is 4.71. The molecule has 4 aromatic rings. The molecule has 0 unspecified atom stereocenters. The Labute approximate surface area is 187 Å². The zero-order valence-electron chi connectivity index (χ0n) is 22.4. The van der Waals surface area contributed by atoms with E-state index in [9.17, 15) is 9.59 Å². The predicted molar refractivity (Wildman–Crippen MR) is 124 cm³/mol. The predicted octanol–water partition coefficient (Wildman–Crippen LogP) is 4.19. The third-order valence-corrected chi connectivity index (χ3v) is 4.71. The number of anilines is 3. The number of rotatable bonds is 5. The molecule has 7 heteroatoms. The van der Waals surface area contributed by atoms with Crippen LogP contribution in [0, 0.1) is 6.92 Å². The summed E-state index contributed by atoms with van der Waals surface area (Å²) in [4.78, 5) is 36.7. The standard InChI is InChI=1S/C24H21N5O2/c1-4-21(30)29(3)19-7-5-6-18(13-19)27-24-26-14-17-12-16(8-9-20(17)28-24)22-15(2)10-11-25-23(22)31/h4-14H,1H2,2-3H3,(H,25,31)(H,26,27,28)/i1D2,3D3,4D. The number of amides is 1. The minimum atomic E-state index is -2.95. The Hall–Kier alpha value is -4.26. The molecule has 31 heavy (non-hydrogen) atoms. The Morgan fingerprint density at radius 1 is 1.32 bits per heavy atom. The minimum Gasteiger partial charge on any atom is -0.329 e. The lowest BCUT2D eigenvalue weighted by Gasteiger charge is -2.16. The van der Waals surface area contributed by atoms with Gasteiger partial charge in [0.1, 0.15) is 0 Å². The number of aromatic amines is 1. The first kappa shape index (κ1) is 13.9. The van der Waals surface area contributed by atoms with E-state index in [2.05, 4.69) is 20.3 Å². The minimum absolute atomic E-state index is 0.0603. The van der Waals surface area contributed by atoms with Crippen molar-refractivity contribution < 1.29 is 13.0 Å². The number of aromatic nitrogens is 3. The largest absolute Gasteiger partial charge is 0.329 e. The molecule has 2 N–H and O–H groups in total. The van der Waals surface area contributed by atoms with E-state index in [4.69, 9.17) is 8.22 Å². The van der Waals surface area contributed by atoms with Gasteiger partial charge in [0.05, 0.1) is 9.63 Å². The maximum absolute atomic E-state index is 12.5. The van der Waals surface area contributed by atoms with Crippen molar-refractivity contribution in [2.75, 3.05) is 17.2 Å². The van der Waals surface area contributed by atoms with E-state index in [1.807, 2.05) is 19.1 Å². The molecule has 0 fully saturated rings. The van der Waals surface area contributed by atoms with Crippen LogP contribution in [0.25, 0.3) is 22.0 Å². The number of nitrogens with zero attached hydrogens (tertiary/aromatic N) is 3. The first-order valence-corrected chi connectivity index (χ1v) is 9.27. The van der Waals surface area contributed by atoms with Crippen molar-refractivity contribution in [3.63, 3.8) is 0 Å². The monoisotopic (exact) mass is 417 g/mol. The Morgan fingerprint density at radius 3 is 3.03 bits per heavy atom. The molecule has 0 bridgehead atoms. The molecule has 0 aliphatic rings. The van der Waals surface area contributed by atoms with Crippen molar-refractivity contribution in [3.8, 4) is 11.1 Å². The number of carbonyl (C=O) groups is 1. The molecule has 7 nitrogen and oxygen atoms in total. The number of nitrogens with one attached hydrogen (secondary N) is 2. The molecule has 2 heterocycles. The van der Waals surface area contributed by atoms with Gasteiger partial charge in [0.25, 0.3) is 5.56 Å². The lowest BCUT2D eigenvalue weighted by Crippen LogP contribution is -2.23. The summed E-state index contributed by atoms with van der Waals surface area (Å²) in [6, 6.07) is 12.0. The SMILES string of the molecule is [2H]C([2H])=C([2H])C(=O)N(c1cccc(Nc2ncc3cc(-c4c(C)cc[nH]c4=O)ccc3n2)c1)C([2H])([2H])[2H]. The Balaban J connectivity index is 1.65. The zero-order valence-corrected chi connectivity index (χ0v) is 16.4. The van der Waals surface area contributed by atoms with Crippen LogP contribution in [0.5, 0.6) is 0 Å². The van der Waals surface area contributed by atoms with Crippen LogP contribution in [0.2, 0.25) is 0 Å². The highest BCUT2D eigenvalue weighted by molar-refractivity contribution is 6.00. The van der Waals surface area contributed by atoms with Crippen molar-refractivity contribution in [2.24, 2.45) is 0 Å². The number of hydrogen-bond acceptors (Lipinski definition) is 5. The van der Waals surface area contributed by atoms with E-state index in [0.29, 0.717) is 27.1 Å².